The standard InChI is InChI=1S/C21H37N5OS.HI/c1-3-9-25-10-7-18(8-11-25)24-21(22-4-2)23-17-19(20-6-5-16-28-20)26-12-14-27-15-13-26;/h5-6,16,18-19H,3-4,7-15,17H2,1-2H3,(H2,22,23,24);1H. The van der Waals surface area contributed by atoms with Crippen molar-refractivity contribution in [3.8, 4) is 0 Å². The summed E-state index contributed by atoms with van der Waals surface area (Å²) in [7, 11) is 0. The lowest BCUT2D eigenvalue weighted by Gasteiger charge is -2.34. The van der Waals surface area contributed by atoms with Gasteiger partial charge in [-0.1, -0.05) is 13.0 Å². The van der Waals surface area contributed by atoms with E-state index in [9.17, 15) is 0 Å². The summed E-state index contributed by atoms with van der Waals surface area (Å²) in [5, 5.41) is 9.32. The number of hydrogen-bond donors (Lipinski definition) is 2. The summed E-state index contributed by atoms with van der Waals surface area (Å²) in [5.41, 5.74) is 0. The van der Waals surface area contributed by atoms with Gasteiger partial charge in [0, 0.05) is 43.6 Å². The first-order valence-electron chi connectivity index (χ1n) is 10.9. The third-order valence-corrected chi connectivity index (χ3v) is 6.57. The zero-order valence-corrected chi connectivity index (χ0v) is 21.1. The van der Waals surface area contributed by atoms with Crippen LogP contribution in [0.15, 0.2) is 22.5 Å². The Hall–Kier alpha value is -0.420. The first kappa shape index (κ1) is 24.8. The minimum atomic E-state index is 0. The molecule has 2 N–H and O–H groups in total. The maximum atomic E-state index is 5.56. The van der Waals surface area contributed by atoms with Crippen LogP contribution in [0, 0.1) is 0 Å². The van der Waals surface area contributed by atoms with Gasteiger partial charge in [0.25, 0.3) is 0 Å². The van der Waals surface area contributed by atoms with E-state index in [0.29, 0.717) is 12.1 Å². The predicted octanol–water partition coefficient (Wildman–Crippen LogP) is 3.17. The summed E-state index contributed by atoms with van der Waals surface area (Å²) in [6, 6.07) is 5.25. The van der Waals surface area contributed by atoms with Crippen molar-refractivity contribution in [2.45, 2.75) is 45.2 Å². The molecule has 3 rings (SSSR count). The molecule has 1 aromatic rings. The third-order valence-electron chi connectivity index (χ3n) is 5.59. The Labute approximate surface area is 197 Å². The monoisotopic (exact) mass is 535 g/mol. The van der Waals surface area contributed by atoms with Gasteiger partial charge in [0.05, 0.1) is 25.8 Å². The number of rotatable bonds is 8. The van der Waals surface area contributed by atoms with E-state index in [2.05, 4.69) is 51.8 Å². The van der Waals surface area contributed by atoms with Crippen molar-refractivity contribution in [2.75, 3.05) is 59.0 Å². The van der Waals surface area contributed by atoms with E-state index in [1.165, 1.54) is 43.8 Å². The largest absolute Gasteiger partial charge is 0.379 e. The van der Waals surface area contributed by atoms with E-state index in [4.69, 9.17) is 9.73 Å². The highest BCUT2D eigenvalue weighted by Gasteiger charge is 2.24. The number of ether oxygens (including phenoxy) is 1. The van der Waals surface area contributed by atoms with E-state index < -0.39 is 0 Å². The van der Waals surface area contributed by atoms with Crippen LogP contribution < -0.4 is 10.6 Å². The topological polar surface area (TPSA) is 52.1 Å². The highest BCUT2D eigenvalue weighted by molar-refractivity contribution is 14.0. The Morgan fingerprint density at radius 2 is 2.00 bits per heavy atom. The van der Waals surface area contributed by atoms with Crippen LogP contribution >= 0.6 is 35.3 Å². The number of halogens is 1. The molecule has 0 aliphatic carbocycles. The molecule has 166 valence electrons. The second kappa shape index (κ2) is 13.8. The van der Waals surface area contributed by atoms with E-state index >= 15 is 0 Å². The Kier molecular flexibility index (Phi) is 11.8. The first-order valence-corrected chi connectivity index (χ1v) is 11.8. The quantitative estimate of drug-likeness (QED) is 0.305. The van der Waals surface area contributed by atoms with Gasteiger partial charge >= 0.3 is 0 Å². The molecule has 0 bridgehead atoms. The molecule has 2 aliphatic heterocycles. The molecule has 2 aliphatic rings. The lowest BCUT2D eigenvalue weighted by atomic mass is 10.1. The molecule has 0 aromatic carbocycles. The van der Waals surface area contributed by atoms with Gasteiger partial charge in [-0.3, -0.25) is 9.89 Å². The third kappa shape index (κ3) is 7.97. The van der Waals surface area contributed by atoms with Gasteiger partial charge in [0.15, 0.2) is 5.96 Å². The Morgan fingerprint density at radius 3 is 2.62 bits per heavy atom. The minimum absolute atomic E-state index is 0. The number of nitrogens with one attached hydrogen (secondary N) is 2. The lowest BCUT2D eigenvalue weighted by Crippen LogP contribution is -2.49. The number of thiophene rings is 1. The molecule has 8 heteroatoms. The second-order valence-electron chi connectivity index (χ2n) is 7.66. The van der Waals surface area contributed by atoms with Crippen molar-refractivity contribution in [3.63, 3.8) is 0 Å². The van der Waals surface area contributed by atoms with Crippen LogP contribution in [-0.4, -0.2) is 80.8 Å². The average Bonchev–Trinajstić information content (AvgIpc) is 3.25. The van der Waals surface area contributed by atoms with Gasteiger partial charge < -0.3 is 20.3 Å². The molecule has 0 amide bonds. The number of piperidine rings is 1. The Balaban J connectivity index is 0.00000300. The Morgan fingerprint density at radius 1 is 1.24 bits per heavy atom. The van der Waals surface area contributed by atoms with Crippen LogP contribution in [-0.2, 0) is 4.74 Å². The van der Waals surface area contributed by atoms with Gasteiger partial charge in [-0.2, -0.15) is 0 Å². The molecule has 29 heavy (non-hydrogen) atoms. The summed E-state index contributed by atoms with van der Waals surface area (Å²) < 4.78 is 5.56. The first-order chi connectivity index (χ1) is 13.8. The molecular formula is C21H38IN5OS. The van der Waals surface area contributed by atoms with Crippen LogP contribution in [0.2, 0.25) is 0 Å². The molecule has 1 aromatic heterocycles. The smallest absolute Gasteiger partial charge is 0.191 e. The molecule has 1 atom stereocenters. The van der Waals surface area contributed by atoms with Crippen LogP contribution in [0.4, 0.5) is 0 Å². The van der Waals surface area contributed by atoms with E-state index in [-0.39, 0.29) is 24.0 Å². The highest BCUT2D eigenvalue weighted by atomic mass is 127. The normalized spacial score (nSPS) is 20.8. The fraction of sp³-hybridized carbons (Fsp3) is 0.762. The summed E-state index contributed by atoms with van der Waals surface area (Å²) in [6.45, 7) is 13.3. The highest BCUT2D eigenvalue weighted by Crippen LogP contribution is 2.26. The molecule has 6 nitrogen and oxygen atoms in total. The van der Waals surface area contributed by atoms with Crippen LogP contribution in [0.1, 0.15) is 44.0 Å². The van der Waals surface area contributed by atoms with Gasteiger partial charge in [0.2, 0.25) is 0 Å². The maximum absolute atomic E-state index is 5.56. The van der Waals surface area contributed by atoms with E-state index in [1.807, 2.05) is 11.3 Å². The van der Waals surface area contributed by atoms with Crippen molar-refractivity contribution in [1.29, 1.82) is 0 Å². The molecule has 0 saturated carbocycles. The van der Waals surface area contributed by atoms with Gasteiger partial charge in [0.1, 0.15) is 0 Å². The average molecular weight is 536 g/mol. The van der Waals surface area contributed by atoms with Crippen molar-refractivity contribution in [3.05, 3.63) is 22.4 Å². The fourth-order valence-corrected chi connectivity index (χ4v) is 4.92. The second-order valence-corrected chi connectivity index (χ2v) is 8.64. The molecular weight excluding hydrogens is 497 g/mol. The summed E-state index contributed by atoms with van der Waals surface area (Å²) >= 11 is 1.83. The molecule has 0 radical (unpaired) electrons. The van der Waals surface area contributed by atoms with Crippen molar-refractivity contribution < 1.29 is 4.74 Å². The van der Waals surface area contributed by atoms with Gasteiger partial charge in [-0.25, -0.2) is 0 Å². The van der Waals surface area contributed by atoms with Crippen LogP contribution in [0.3, 0.4) is 0 Å². The molecule has 0 spiro atoms. The SMILES string of the molecule is CCCN1CCC(NC(=NCC(c2cccs2)N2CCOCC2)NCC)CC1.I. The van der Waals surface area contributed by atoms with Crippen LogP contribution in [0.25, 0.3) is 0 Å². The summed E-state index contributed by atoms with van der Waals surface area (Å²) in [4.78, 5) is 11.5. The molecule has 3 heterocycles. The molecule has 2 fully saturated rings. The fourth-order valence-electron chi connectivity index (χ4n) is 4.06. The number of likely N-dealkylation sites (tertiary alicyclic amines) is 1. The minimum Gasteiger partial charge on any atom is -0.379 e. The van der Waals surface area contributed by atoms with Crippen molar-refractivity contribution in [2.24, 2.45) is 4.99 Å². The summed E-state index contributed by atoms with van der Waals surface area (Å²) in [6.07, 6.45) is 3.64. The Bertz CT molecular complexity index is 572. The lowest BCUT2D eigenvalue weighted by molar-refractivity contribution is 0.0186. The number of morpholine rings is 1. The van der Waals surface area contributed by atoms with Crippen molar-refractivity contribution in [1.82, 2.24) is 20.4 Å². The number of guanidine groups is 1. The van der Waals surface area contributed by atoms with Gasteiger partial charge in [-0.15, -0.1) is 35.3 Å². The zero-order valence-electron chi connectivity index (χ0n) is 17.9. The van der Waals surface area contributed by atoms with Crippen molar-refractivity contribution >= 4 is 41.3 Å². The number of hydrogen-bond acceptors (Lipinski definition) is 5. The zero-order chi connectivity index (χ0) is 19.6. The maximum Gasteiger partial charge on any atom is 0.191 e. The summed E-state index contributed by atoms with van der Waals surface area (Å²) in [5.74, 6) is 0.964. The van der Waals surface area contributed by atoms with E-state index in [1.54, 1.807) is 0 Å². The number of nitrogens with zero attached hydrogens (tertiary/aromatic N) is 3. The molecule has 2 saturated heterocycles. The number of aliphatic imine (C=N–C) groups is 1. The van der Waals surface area contributed by atoms with E-state index in [0.717, 1.165) is 45.4 Å². The van der Waals surface area contributed by atoms with Crippen LogP contribution in [0.5, 0.6) is 0 Å². The van der Waals surface area contributed by atoms with Gasteiger partial charge in [-0.05, 0) is 44.2 Å². The predicted molar refractivity (Wildman–Crippen MR) is 134 cm³/mol. The molecule has 1 unspecified atom stereocenters.